The molecule has 0 radical (unpaired) electrons. The molecule has 3 heteroatoms. The van der Waals surface area contributed by atoms with Gasteiger partial charge in [-0.05, 0) is 32.3 Å². The Hall–Kier alpha value is -1.25. The lowest BCUT2D eigenvalue weighted by Crippen LogP contribution is -2.08. The quantitative estimate of drug-likeness (QED) is 0.774. The van der Waals surface area contributed by atoms with Gasteiger partial charge in [-0.15, -0.1) is 0 Å². The Kier molecular flexibility index (Phi) is 3.95. The van der Waals surface area contributed by atoms with E-state index >= 15 is 0 Å². The van der Waals surface area contributed by atoms with Crippen LogP contribution in [0.4, 0.5) is 0 Å². The standard InChI is InChI=1S/C12H19NO2/c1-5-9-8(4)13-10(6-2)11(9)12(14)15-7-3/h13H,5-7H2,1-4H3. The Morgan fingerprint density at radius 3 is 2.40 bits per heavy atom. The first-order valence-electron chi connectivity index (χ1n) is 5.53. The lowest BCUT2D eigenvalue weighted by molar-refractivity contribution is 0.0524. The van der Waals surface area contributed by atoms with Crippen LogP contribution in [0.3, 0.4) is 0 Å². The molecule has 1 aromatic rings. The van der Waals surface area contributed by atoms with Gasteiger partial charge in [0.2, 0.25) is 0 Å². The monoisotopic (exact) mass is 209 g/mol. The molecule has 0 bridgehead atoms. The van der Waals surface area contributed by atoms with E-state index in [0.29, 0.717) is 6.61 Å². The third-order valence-electron chi connectivity index (χ3n) is 2.58. The summed E-state index contributed by atoms with van der Waals surface area (Å²) >= 11 is 0. The number of H-pyrrole nitrogens is 1. The number of esters is 1. The summed E-state index contributed by atoms with van der Waals surface area (Å²) < 4.78 is 5.07. The first kappa shape index (κ1) is 11.8. The van der Waals surface area contributed by atoms with Gasteiger partial charge in [0.25, 0.3) is 0 Å². The molecule has 3 nitrogen and oxygen atoms in total. The Bertz CT molecular complexity index is 353. The molecular formula is C12H19NO2. The predicted octanol–water partition coefficient (Wildman–Crippen LogP) is 2.62. The second-order valence-electron chi connectivity index (χ2n) is 3.51. The summed E-state index contributed by atoms with van der Waals surface area (Å²) in [5, 5.41) is 0. The molecule has 1 aromatic heterocycles. The van der Waals surface area contributed by atoms with Crippen molar-refractivity contribution in [2.24, 2.45) is 0 Å². The molecule has 84 valence electrons. The van der Waals surface area contributed by atoms with Crippen LogP contribution in [0.25, 0.3) is 0 Å². The summed E-state index contributed by atoms with van der Waals surface area (Å²) in [6, 6.07) is 0. The fourth-order valence-electron chi connectivity index (χ4n) is 1.89. The summed E-state index contributed by atoms with van der Waals surface area (Å²) in [5.41, 5.74) is 3.91. The van der Waals surface area contributed by atoms with Crippen LogP contribution < -0.4 is 0 Å². The highest BCUT2D eigenvalue weighted by molar-refractivity contribution is 5.93. The normalized spacial score (nSPS) is 10.4. The van der Waals surface area contributed by atoms with Gasteiger partial charge in [-0.2, -0.15) is 0 Å². The smallest absolute Gasteiger partial charge is 0.340 e. The van der Waals surface area contributed by atoms with Crippen LogP contribution in [-0.2, 0) is 17.6 Å². The molecule has 0 aliphatic rings. The summed E-state index contributed by atoms with van der Waals surface area (Å²) in [6.07, 6.45) is 1.69. The Morgan fingerprint density at radius 1 is 1.27 bits per heavy atom. The van der Waals surface area contributed by atoms with Crippen molar-refractivity contribution >= 4 is 5.97 Å². The molecule has 0 unspecified atom stereocenters. The molecule has 15 heavy (non-hydrogen) atoms. The first-order valence-corrected chi connectivity index (χ1v) is 5.53. The molecule has 1 N–H and O–H groups in total. The van der Waals surface area contributed by atoms with Crippen molar-refractivity contribution in [2.75, 3.05) is 6.61 Å². The zero-order chi connectivity index (χ0) is 11.4. The van der Waals surface area contributed by atoms with E-state index in [4.69, 9.17) is 4.74 Å². The average Bonchev–Trinajstić information content (AvgIpc) is 2.54. The number of aromatic amines is 1. The molecule has 0 fully saturated rings. The number of carbonyl (C=O) groups excluding carboxylic acids is 1. The highest BCUT2D eigenvalue weighted by Gasteiger charge is 2.19. The zero-order valence-corrected chi connectivity index (χ0v) is 9.94. The Morgan fingerprint density at radius 2 is 1.93 bits per heavy atom. The maximum absolute atomic E-state index is 11.8. The summed E-state index contributed by atoms with van der Waals surface area (Å²) in [6.45, 7) is 8.34. The van der Waals surface area contributed by atoms with Crippen molar-refractivity contribution in [2.45, 2.75) is 40.5 Å². The van der Waals surface area contributed by atoms with Gasteiger partial charge in [0.05, 0.1) is 12.2 Å². The molecule has 0 spiro atoms. The summed E-state index contributed by atoms with van der Waals surface area (Å²) in [7, 11) is 0. The number of aryl methyl sites for hydroxylation is 2. The molecule has 0 amide bonds. The van der Waals surface area contributed by atoms with Crippen LogP contribution in [-0.4, -0.2) is 17.6 Å². The van der Waals surface area contributed by atoms with E-state index in [2.05, 4.69) is 11.9 Å². The van der Waals surface area contributed by atoms with Gasteiger partial charge in [0.15, 0.2) is 0 Å². The molecule has 0 aromatic carbocycles. The predicted molar refractivity (Wildman–Crippen MR) is 60.2 cm³/mol. The lowest BCUT2D eigenvalue weighted by atomic mass is 10.1. The Balaban J connectivity index is 3.17. The van der Waals surface area contributed by atoms with Gasteiger partial charge in [0.1, 0.15) is 0 Å². The molecule has 0 saturated carbocycles. The van der Waals surface area contributed by atoms with Crippen molar-refractivity contribution in [1.29, 1.82) is 0 Å². The first-order chi connectivity index (χ1) is 7.15. The van der Waals surface area contributed by atoms with Crippen LogP contribution in [0.1, 0.15) is 48.1 Å². The number of aromatic nitrogens is 1. The zero-order valence-electron chi connectivity index (χ0n) is 9.94. The maximum Gasteiger partial charge on any atom is 0.340 e. The fourth-order valence-corrected chi connectivity index (χ4v) is 1.89. The molecule has 0 aliphatic carbocycles. The lowest BCUT2D eigenvalue weighted by Gasteiger charge is -2.04. The number of nitrogens with one attached hydrogen (secondary N) is 1. The molecule has 0 aliphatic heterocycles. The van der Waals surface area contributed by atoms with Crippen LogP contribution in [0.2, 0.25) is 0 Å². The van der Waals surface area contributed by atoms with E-state index < -0.39 is 0 Å². The molecular weight excluding hydrogens is 190 g/mol. The van der Waals surface area contributed by atoms with Crippen molar-refractivity contribution in [1.82, 2.24) is 4.98 Å². The van der Waals surface area contributed by atoms with Crippen molar-refractivity contribution in [3.63, 3.8) is 0 Å². The van der Waals surface area contributed by atoms with E-state index in [1.165, 1.54) is 0 Å². The van der Waals surface area contributed by atoms with Crippen LogP contribution >= 0.6 is 0 Å². The SMILES string of the molecule is CCOC(=O)c1c(CC)[nH]c(C)c1CC. The minimum absolute atomic E-state index is 0.199. The van der Waals surface area contributed by atoms with Crippen molar-refractivity contribution in [3.8, 4) is 0 Å². The van der Waals surface area contributed by atoms with Gasteiger partial charge in [-0.25, -0.2) is 4.79 Å². The number of ether oxygens (including phenoxy) is 1. The summed E-state index contributed by atoms with van der Waals surface area (Å²) in [4.78, 5) is 15.0. The fraction of sp³-hybridized carbons (Fsp3) is 0.583. The minimum Gasteiger partial charge on any atom is -0.462 e. The molecule has 0 atom stereocenters. The topological polar surface area (TPSA) is 42.1 Å². The second kappa shape index (κ2) is 5.01. The third kappa shape index (κ3) is 2.22. The van der Waals surface area contributed by atoms with Crippen LogP contribution in [0.5, 0.6) is 0 Å². The minimum atomic E-state index is -0.199. The van der Waals surface area contributed by atoms with E-state index in [1.54, 1.807) is 0 Å². The number of rotatable bonds is 4. The van der Waals surface area contributed by atoms with Gasteiger partial charge in [-0.3, -0.25) is 0 Å². The number of hydrogen-bond acceptors (Lipinski definition) is 2. The largest absolute Gasteiger partial charge is 0.462 e. The maximum atomic E-state index is 11.8. The average molecular weight is 209 g/mol. The van der Waals surface area contributed by atoms with Crippen molar-refractivity contribution in [3.05, 3.63) is 22.5 Å². The Labute approximate surface area is 90.8 Å². The van der Waals surface area contributed by atoms with Gasteiger partial charge >= 0.3 is 5.97 Å². The molecule has 1 heterocycles. The molecule has 1 rings (SSSR count). The van der Waals surface area contributed by atoms with E-state index in [0.717, 1.165) is 35.4 Å². The van der Waals surface area contributed by atoms with E-state index in [-0.39, 0.29) is 5.97 Å². The second-order valence-corrected chi connectivity index (χ2v) is 3.51. The van der Waals surface area contributed by atoms with Gasteiger partial charge in [-0.1, -0.05) is 13.8 Å². The van der Waals surface area contributed by atoms with Crippen molar-refractivity contribution < 1.29 is 9.53 Å². The summed E-state index contributed by atoms with van der Waals surface area (Å²) in [5.74, 6) is -0.199. The van der Waals surface area contributed by atoms with Crippen LogP contribution in [0, 0.1) is 6.92 Å². The van der Waals surface area contributed by atoms with Gasteiger partial charge < -0.3 is 9.72 Å². The highest BCUT2D eigenvalue weighted by Crippen LogP contribution is 2.21. The number of hydrogen-bond donors (Lipinski definition) is 1. The van der Waals surface area contributed by atoms with Gasteiger partial charge in [0, 0.05) is 11.4 Å². The highest BCUT2D eigenvalue weighted by atomic mass is 16.5. The third-order valence-corrected chi connectivity index (χ3v) is 2.58. The van der Waals surface area contributed by atoms with E-state index in [1.807, 2.05) is 20.8 Å². The number of carbonyl (C=O) groups is 1. The molecule has 0 saturated heterocycles. The van der Waals surface area contributed by atoms with E-state index in [9.17, 15) is 4.79 Å². The van der Waals surface area contributed by atoms with Crippen LogP contribution in [0.15, 0.2) is 0 Å².